The van der Waals surface area contributed by atoms with Crippen LogP contribution in [0.1, 0.15) is 90.5 Å². The van der Waals surface area contributed by atoms with Crippen molar-refractivity contribution < 1.29 is 19.1 Å². The van der Waals surface area contributed by atoms with E-state index in [0.29, 0.717) is 12.0 Å². The summed E-state index contributed by atoms with van der Waals surface area (Å²) in [6.45, 7) is 17.0. The maximum absolute atomic E-state index is 13.7. The summed E-state index contributed by atoms with van der Waals surface area (Å²) in [5.74, 6) is -0.811. The molecule has 7 nitrogen and oxygen atoms in total. The molecule has 0 saturated heterocycles. The standard InChI is InChI=1S/C28H43N3O4/c1-11-13-21(7)29-25(32)24(22-16-19(5)15-20(6)17-22)31(12-2)26(33)23(14-18(3)4)30-27(34)35-28(8,9)10/h2,15-18,21,23-24H,11,13-14H2,1,3-10H3,(H,29,32)(H,30,34). The second-order valence-electron chi connectivity index (χ2n) is 10.7. The molecule has 0 radical (unpaired) electrons. The molecule has 194 valence electrons. The third kappa shape index (κ3) is 10.0. The average Bonchev–Trinajstić information content (AvgIpc) is 2.68. The lowest BCUT2D eigenvalue weighted by Gasteiger charge is -2.32. The van der Waals surface area contributed by atoms with E-state index < -0.39 is 29.7 Å². The van der Waals surface area contributed by atoms with Gasteiger partial charge in [0.1, 0.15) is 17.7 Å². The van der Waals surface area contributed by atoms with Crippen molar-refractivity contribution in [2.45, 2.75) is 105 Å². The first-order chi connectivity index (χ1) is 16.2. The molecule has 0 spiro atoms. The first-order valence-corrected chi connectivity index (χ1v) is 12.4. The van der Waals surface area contributed by atoms with Crippen molar-refractivity contribution in [3.63, 3.8) is 0 Å². The first kappa shape index (κ1) is 30.0. The average molecular weight is 486 g/mol. The molecule has 3 atom stereocenters. The molecule has 2 N–H and O–H groups in total. The van der Waals surface area contributed by atoms with Gasteiger partial charge in [0.05, 0.1) is 0 Å². The lowest BCUT2D eigenvalue weighted by atomic mass is 9.97. The van der Waals surface area contributed by atoms with Gasteiger partial charge in [-0.15, -0.1) is 0 Å². The highest BCUT2D eigenvalue weighted by molar-refractivity contribution is 5.93. The van der Waals surface area contributed by atoms with Crippen LogP contribution in [0, 0.1) is 32.2 Å². The van der Waals surface area contributed by atoms with Crippen LogP contribution < -0.4 is 10.6 Å². The van der Waals surface area contributed by atoms with Crippen LogP contribution in [0.25, 0.3) is 0 Å². The molecule has 0 fully saturated rings. The van der Waals surface area contributed by atoms with E-state index in [2.05, 4.69) is 16.7 Å². The molecule has 3 amide bonds. The van der Waals surface area contributed by atoms with Gasteiger partial charge in [-0.25, -0.2) is 4.79 Å². The second kappa shape index (κ2) is 13.2. The third-order valence-electron chi connectivity index (χ3n) is 5.25. The number of hydrogen-bond acceptors (Lipinski definition) is 4. The Morgan fingerprint density at radius 3 is 2.09 bits per heavy atom. The quantitative estimate of drug-likeness (QED) is 0.360. The van der Waals surface area contributed by atoms with E-state index in [1.165, 1.54) is 0 Å². The summed E-state index contributed by atoms with van der Waals surface area (Å²) >= 11 is 0. The number of nitrogens with one attached hydrogen (secondary N) is 2. The smallest absolute Gasteiger partial charge is 0.408 e. The van der Waals surface area contributed by atoms with Crippen LogP contribution in [-0.2, 0) is 14.3 Å². The molecule has 1 aromatic rings. The number of nitrogens with zero attached hydrogens (tertiary/aromatic N) is 1. The Morgan fingerprint density at radius 2 is 1.63 bits per heavy atom. The molecule has 7 heteroatoms. The summed E-state index contributed by atoms with van der Waals surface area (Å²) in [5, 5.41) is 5.67. The normalized spacial score (nSPS) is 13.9. The SMILES string of the molecule is C#CN(C(=O)C(CC(C)C)NC(=O)OC(C)(C)C)C(C(=O)NC(C)CCC)c1cc(C)cc(C)c1. The minimum atomic E-state index is -1.04. The van der Waals surface area contributed by atoms with Gasteiger partial charge in [0.25, 0.3) is 5.91 Å². The second-order valence-corrected chi connectivity index (χ2v) is 10.7. The van der Waals surface area contributed by atoms with Gasteiger partial charge in [-0.05, 0) is 65.9 Å². The van der Waals surface area contributed by atoms with Crippen LogP contribution in [0.2, 0.25) is 0 Å². The highest BCUT2D eigenvalue weighted by Crippen LogP contribution is 2.25. The number of carbonyl (C=O) groups is 3. The van der Waals surface area contributed by atoms with Crippen LogP contribution in [0.15, 0.2) is 18.2 Å². The van der Waals surface area contributed by atoms with Gasteiger partial charge in [0.2, 0.25) is 5.91 Å². The molecule has 0 aliphatic carbocycles. The Morgan fingerprint density at radius 1 is 1.06 bits per heavy atom. The number of carbonyl (C=O) groups excluding carboxylic acids is 3. The molecule has 0 aromatic heterocycles. The van der Waals surface area contributed by atoms with Crippen molar-refractivity contribution in [3.05, 3.63) is 34.9 Å². The van der Waals surface area contributed by atoms with Gasteiger partial charge in [-0.3, -0.25) is 14.5 Å². The highest BCUT2D eigenvalue weighted by Gasteiger charge is 2.36. The largest absolute Gasteiger partial charge is 0.444 e. The van der Waals surface area contributed by atoms with Crippen molar-refractivity contribution in [1.82, 2.24) is 15.5 Å². The molecule has 0 bridgehead atoms. The fourth-order valence-electron chi connectivity index (χ4n) is 3.99. The zero-order valence-electron chi connectivity index (χ0n) is 22.8. The van der Waals surface area contributed by atoms with Crippen molar-refractivity contribution in [2.24, 2.45) is 5.92 Å². The van der Waals surface area contributed by atoms with Gasteiger partial charge in [0, 0.05) is 12.1 Å². The Hall–Kier alpha value is -3.01. The van der Waals surface area contributed by atoms with Crippen LogP contribution in [0.5, 0.6) is 0 Å². The Balaban J connectivity index is 3.44. The Kier molecular flexibility index (Phi) is 11.3. The van der Waals surface area contributed by atoms with E-state index in [1.54, 1.807) is 20.8 Å². The molecule has 0 saturated carbocycles. The zero-order valence-corrected chi connectivity index (χ0v) is 22.8. The van der Waals surface area contributed by atoms with Gasteiger partial charge in [0.15, 0.2) is 0 Å². The topological polar surface area (TPSA) is 87.7 Å². The molecule has 1 aromatic carbocycles. The minimum absolute atomic E-state index is 0.0802. The van der Waals surface area contributed by atoms with Gasteiger partial charge in [-0.2, -0.15) is 0 Å². The summed E-state index contributed by atoms with van der Waals surface area (Å²) < 4.78 is 5.37. The van der Waals surface area contributed by atoms with E-state index in [4.69, 9.17) is 11.2 Å². The van der Waals surface area contributed by atoms with Crippen LogP contribution in [0.4, 0.5) is 4.79 Å². The van der Waals surface area contributed by atoms with E-state index >= 15 is 0 Å². The van der Waals surface area contributed by atoms with Crippen LogP contribution in [0.3, 0.4) is 0 Å². The summed E-state index contributed by atoms with van der Waals surface area (Å²) in [7, 11) is 0. The third-order valence-corrected chi connectivity index (χ3v) is 5.25. The molecule has 0 aliphatic heterocycles. The highest BCUT2D eigenvalue weighted by atomic mass is 16.6. The fraction of sp³-hybridized carbons (Fsp3) is 0.607. The maximum atomic E-state index is 13.7. The van der Waals surface area contributed by atoms with E-state index in [9.17, 15) is 14.4 Å². The van der Waals surface area contributed by atoms with Gasteiger partial charge < -0.3 is 15.4 Å². The van der Waals surface area contributed by atoms with E-state index in [1.807, 2.05) is 59.7 Å². The molecule has 3 unspecified atom stereocenters. The van der Waals surface area contributed by atoms with E-state index in [-0.39, 0.29) is 17.9 Å². The summed E-state index contributed by atoms with van der Waals surface area (Å²) in [4.78, 5) is 40.9. The molecular weight excluding hydrogens is 442 g/mol. The summed E-state index contributed by atoms with van der Waals surface area (Å²) in [6.07, 6.45) is 7.18. The Labute approximate surface area is 211 Å². The number of hydrogen-bond donors (Lipinski definition) is 2. The molecule has 35 heavy (non-hydrogen) atoms. The van der Waals surface area contributed by atoms with Crippen molar-refractivity contribution in [2.75, 3.05) is 0 Å². The lowest BCUT2D eigenvalue weighted by molar-refractivity contribution is -0.139. The maximum Gasteiger partial charge on any atom is 0.408 e. The van der Waals surface area contributed by atoms with Crippen molar-refractivity contribution in [3.8, 4) is 12.5 Å². The number of rotatable bonds is 10. The lowest BCUT2D eigenvalue weighted by Crippen LogP contribution is -2.52. The van der Waals surface area contributed by atoms with Crippen LogP contribution >= 0.6 is 0 Å². The van der Waals surface area contributed by atoms with Gasteiger partial charge in [-0.1, -0.05) is 62.9 Å². The fourth-order valence-corrected chi connectivity index (χ4v) is 3.99. The molecule has 0 heterocycles. The molecule has 1 rings (SSSR count). The van der Waals surface area contributed by atoms with Crippen molar-refractivity contribution in [1.29, 1.82) is 0 Å². The predicted molar refractivity (Wildman–Crippen MR) is 139 cm³/mol. The minimum Gasteiger partial charge on any atom is -0.444 e. The summed E-state index contributed by atoms with van der Waals surface area (Å²) in [6, 6.07) is 6.07. The number of benzene rings is 1. The first-order valence-electron chi connectivity index (χ1n) is 12.4. The monoisotopic (exact) mass is 485 g/mol. The number of terminal acetylenes is 1. The molecule has 0 aliphatic rings. The Bertz CT molecular complexity index is 907. The number of amides is 3. The molecular formula is C28H43N3O4. The number of alkyl carbamates (subject to hydrolysis) is 1. The number of ether oxygens (including phenoxy) is 1. The van der Waals surface area contributed by atoms with Crippen molar-refractivity contribution >= 4 is 17.9 Å². The predicted octanol–water partition coefficient (Wildman–Crippen LogP) is 5.01. The zero-order chi connectivity index (χ0) is 26.9. The summed E-state index contributed by atoms with van der Waals surface area (Å²) in [5.41, 5.74) is 1.80. The number of aryl methyl sites for hydroxylation is 2. The van der Waals surface area contributed by atoms with Crippen LogP contribution in [-0.4, -0.2) is 40.5 Å². The van der Waals surface area contributed by atoms with Gasteiger partial charge >= 0.3 is 6.09 Å². The van der Waals surface area contributed by atoms with E-state index in [0.717, 1.165) is 28.9 Å².